The molecule has 0 spiro atoms. The highest BCUT2D eigenvalue weighted by Crippen LogP contribution is 2.45. The number of amides is 3. The van der Waals surface area contributed by atoms with Gasteiger partial charge in [-0.25, -0.2) is 0 Å². The van der Waals surface area contributed by atoms with E-state index in [0.29, 0.717) is 34.2 Å². The van der Waals surface area contributed by atoms with Gasteiger partial charge >= 0.3 is 0 Å². The van der Waals surface area contributed by atoms with E-state index in [9.17, 15) is 14.4 Å². The molecule has 168 valence electrons. The molecule has 2 aromatic carbocycles. The zero-order valence-corrected chi connectivity index (χ0v) is 18.4. The van der Waals surface area contributed by atoms with Crippen molar-refractivity contribution in [2.45, 2.75) is 25.4 Å². The number of rotatable bonds is 6. The van der Waals surface area contributed by atoms with Gasteiger partial charge in [-0.2, -0.15) is 0 Å². The standard InChI is InChI=1S/C23H25N3O6/c1-5-25-21(28)15-8-6-7-9-16(15)26-19(27)10-11-23(25,26)22(29)24-14-12-17(30-2)20(32-4)18(13-14)31-3/h6-9,12-13H,5,10-11H2,1-4H3,(H,24,29)/t23-/m0/s1. The van der Waals surface area contributed by atoms with Crippen molar-refractivity contribution in [3.8, 4) is 17.2 Å². The zero-order valence-electron chi connectivity index (χ0n) is 18.4. The first kappa shape index (κ1) is 21.5. The van der Waals surface area contributed by atoms with E-state index < -0.39 is 11.6 Å². The van der Waals surface area contributed by atoms with Gasteiger partial charge in [0.05, 0.1) is 32.6 Å². The lowest BCUT2D eigenvalue weighted by molar-refractivity contribution is -0.128. The number of para-hydroxylation sites is 1. The Balaban J connectivity index is 1.80. The van der Waals surface area contributed by atoms with Crippen LogP contribution in [0.2, 0.25) is 0 Å². The van der Waals surface area contributed by atoms with Gasteiger partial charge in [0.15, 0.2) is 11.5 Å². The van der Waals surface area contributed by atoms with Crippen molar-refractivity contribution in [2.75, 3.05) is 38.1 Å². The average Bonchev–Trinajstić information content (AvgIpc) is 3.16. The van der Waals surface area contributed by atoms with Crippen LogP contribution in [0.1, 0.15) is 30.1 Å². The number of carbonyl (C=O) groups is 3. The third-order valence-electron chi connectivity index (χ3n) is 5.98. The number of hydrogen-bond donors (Lipinski definition) is 1. The monoisotopic (exact) mass is 439 g/mol. The molecule has 1 atom stereocenters. The fourth-order valence-corrected chi connectivity index (χ4v) is 4.59. The summed E-state index contributed by atoms with van der Waals surface area (Å²) in [5.74, 6) is 0.161. The normalized spacial score (nSPS) is 19.4. The minimum atomic E-state index is -1.46. The smallest absolute Gasteiger partial charge is 0.271 e. The van der Waals surface area contributed by atoms with Gasteiger partial charge < -0.3 is 24.4 Å². The quantitative estimate of drug-likeness (QED) is 0.743. The molecule has 1 saturated heterocycles. The molecule has 0 bridgehead atoms. The van der Waals surface area contributed by atoms with Gasteiger partial charge in [-0.3, -0.25) is 19.3 Å². The predicted molar refractivity (Wildman–Crippen MR) is 117 cm³/mol. The average molecular weight is 439 g/mol. The van der Waals surface area contributed by atoms with E-state index in [2.05, 4.69) is 5.32 Å². The molecule has 0 aliphatic carbocycles. The van der Waals surface area contributed by atoms with Crippen molar-refractivity contribution in [1.82, 2.24) is 4.90 Å². The molecule has 1 N–H and O–H groups in total. The number of nitrogens with one attached hydrogen (secondary N) is 1. The third kappa shape index (κ3) is 2.96. The van der Waals surface area contributed by atoms with Crippen molar-refractivity contribution in [1.29, 1.82) is 0 Å². The van der Waals surface area contributed by atoms with E-state index in [1.54, 1.807) is 43.3 Å². The molecular weight excluding hydrogens is 414 g/mol. The summed E-state index contributed by atoms with van der Waals surface area (Å²) in [4.78, 5) is 42.9. The molecule has 0 aromatic heterocycles. The van der Waals surface area contributed by atoms with Gasteiger partial charge in [0.2, 0.25) is 17.3 Å². The summed E-state index contributed by atoms with van der Waals surface area (Å²) in [7, 11) is 4.45. The molecule has 2 aromatic rings. The number of nitrogens with zero attached hydrogens (tertiary/aromatic N) is 2. The van der Waals surface area contributed by atoms with Crippen LogP contribution in [-0.2, 0) is 9.59 Å². The molecule has 0 unspecified atom stereocenters. The molecule has 2 aliphatic heterocycles. The van der Waals surface area contributed by atoms with Gasteiger partial charge in [-0.1, -0.05) is 12.1 Å². The number of fused-ring (bicyclic) bond motifs is 3. The molecular formula is C23H25N3O6. The van der Waals surface area contributed by atoms with Crippen LogP contribution >= 0.6 is 0 Å². The van der Waals surface area contributed by atoms with Gasteiger partial charge in [0, 0.05) is 37.2 Å². The molecule has 3 amide bonds. The van der Waals surface area contributed by atoms with E-state index in [1.807, 2.05) is 0 Å². The summed E-state index contributed by atoms with van der Waals surface area (Å²) in [6.45, 7) is 2.06. The SMILES string of the molecule is CCN1C(=O)c2ccccc2N2C(=O)CC[C@]12C(=O)Nc1cc(OC)c(OC)c(OC)c1. The van der Waals surface area contributed by atoms with E-state index >= 15 is 0 Å². The molecule has 1 fully saturated rings. The minimum absolute atomic E-state index is 0.154. The Morgan fingerprint density at radius 2 is 1.72 bits per heavy atom. The van der Waals surface area contributed by atoms with E-state index in [4.69, 9.17) is 14.2 Å². The third-order valence-corrected chi connectivity index (χ3v) is 5.98. The van der Waals surface area contributed by atoms with Crippen LogP contribution in [0.5, 0.6) is 17.2 Å². The van der Waals surface area contributed by atoms with Crippen molar-refractivity contribution in [3.63, 3.8) is 0 Å². The van der Waals surface area contributed by atoms with Gasteiger partial charge in [-0.15, -0.1) is 0 Å². The summed E-state index contributed by atoms with van der Waals surface area (Å²) in [6.07, 6.45) is 0.344. The fraction of sp³-hybridized carbons (Fsp3) is 0.348. The number of hydrogen-bond acceptors (Lipinski definition) is 6. The van der Waals surface area contributed by atoms with Crippen molar-refractivity contribution >= 4 is 29.1 Å². The summed E-state index contributed by atoms with van der Waals surface area (Å²) in [6, 6.07) is 10.1. The number of benzene rings is 2. The van der Waals surface area contributed by atoms with Crippen molar-refractivity contribution in [3.05, 3.63) is 42.0 Å². The Bertz CT molecular complexity index is 1080. The van der Waals surface area contributed by atoms with Crippen LogP contribution in [0.3, 0.4) is 0 Å². The Hall–Kier alpha value is -3.75. The number of anilines is 2. The second-order valence-corrected chi connectivity index (χ2v) is 7.48. The zero-order chi connectivity index (χ0) is 23.0. The Morgan fingerprint density at radius 1 is 1.06 bits per heavy atom. The van der Waals surface area contributed by atoms with Gasteiger partial charge in [0.25, 0.3) is 11.8 Å². The maximum absolute atomic E-state index is 13.8. The van der Waals surface area contributed by atoms with Crippen LogP contribution in [0.4, 0.5) is 11.4 Å². The summed E-state index contributed by atoms with van der Waals surface area (Å²) in [5.41, 5.74) is -0.219. The number of carbonyl (C=O) groups excluding carboxylic acids is 3. The van der Waals surface area contributed by atoms with E-state index in [1.165, 1.54) is 31.1 Å². The number of methoxy groups -OCH3 is 3. The van der Waals surface area contributed by atoms with Crippen LogP contribution in [0.15, 0.2) is 36.4 Å². The van der Waals surface area contributed by atoms with Crippen LogP contribution in [-0.4, -0.2) is 56.2 Å². The maximum atomic E-state index is 13.8. The first-order valence-corrected chi connectivity index (χ1v) is 10.3. The molecule has 0 radical (unpaired) electrons. The first-order valence-electron chi connectivity index (χ1n) is 10.3. The van der Waals surface area contributed by atoms with Gasteiger partial charge in [0.1, 0.15) is 0 Å². The molecule has 9 heteroatoms. The fourth-order valence-electron chi connectivity index (χ4n) is 4.59. The Labute approximate surface area is 185 Å². The molecule has 4 rings (SSSR count). The summed E-state index contributed by atoms with van der Waals surface area (Å²) in [5, 5.41) is 2.87. The van der Waals surface area contributed by atoms with E-state index in [-0.39, 0.29) is 31.2 Å². The lowest BCUT2D eigenvalue weighted by Crippen LogP contribution is -2.69. The largest absolute Gasteiger partial charge is 0.493 e. The second kappa shape index (κ2) is 8.07. The maximum Gasteiger partial charge on any atom is 0.271 e. The van der Waals surface area contributed by atoms with Crippen LogP contribution in [0, 0.1) is 0 Å². The lowest BCUT2D eigenvalue weighted by Gasteiger charge is -2.48. The minimum Gasteiger partial charge on any atom is -0.493 e. The summed E-state index contributed by atoms with van der Waals surface area (Å²) >= 11 is 0. The molecule has 2 heterocycles. The molecule has 9 nitrogen and oxygen atoms in total. The lowest BCUT2D eigenvalue weighted by atomic mass is 9.95. The highest BCUT2D eigenvalue weighted by Gasteiger charge is 2.60. The summed E-state index contributed by atoms with van der Waals surface area (Å²) < 4.78 is 16.1. The number of ether oxygens (including phenoxy) is 3. The Morgan fingerprint density at radius 3 is 2.31 bits per heavy atom. The molecule has 32 heavy (non-hydrogen) atoms. The highest BCUT2D eigenvalue weighted by atomic mass is 16.5. The van der Waals surface area contributed by atoms with Crippen LogP contribution in [0.25, 0.3) is 0 Å². The number of likely N-dealkylation sites (N-methyl/N-ethyl adjacent to an activating group) is 1. The van der Waals surface area contributed by atoms with Crippen molar-refractivity contribution in [2.24, 2.45) is 0 Å². The van der Waals surface area contributed by atoms with Crippen LogP contribution < -0.4 is 24.4 Å². The highest BCUT2D eigenvalue weighted by molar-refractivity contribution is 6.18. The molecule has 0 saturated carbocycles. The van der Waals surface area contributed by atoms with Crippen molar-refractivity contribution < 1.29 is 28.6 Å². The van der Waals surface area contributed by atoms with Gasteiger partial charge in [-0.05, 0) is 19.1 Å². The first-order chi connectivity index (χ1) is 15.4. The Kier molecular flexibility index (Phi) is 5.41. The van der Waals surface area contributed by atoms with E-state index in [0.717, 1.165) is 0 Å². The second-order valence-electron chi connectivity index (χ2n) is 7.48. The molecule has 2 aliphatic rings. The topological polar surface area (TPSA) is 97.4 Å². The predicted octanol–water partition coefficient (Wildman–Crippen LogP) is 2.65.